The first-order valence-corrected chi connectivity index (χ1v) is 12.8. The number of Topliss-reactive ketones (excluding diaryl/α,β-unsaturated/α-hetero) is 1. The van der Waals surface area contributed by atoms with Crippen molar-refractivity contribution in [3.05, 3.63) is 105 Å². The molecule has 0 saturated carbocycles. The average Bonchev–Trinajstić information content (AvgIpc) is 2.93. The Morgan fingerprint density at radius 3 is 2.41 bits per heavy atom. The maximum atomic E-state index is 13.6. The molecule has 2 N–H and O–H groups in total. The minimum Gasteiger partial charge on any atom is -0.507 e. The lowest BCUT2D eigenvalue weighted by Crippen LogP contribution is -2.42. The summed E-state index contributed by atoms with van der Waals surface area (Å²) in [5.41, 5.74) is 3.73. The van der Waals surface area contributed by atoms with Crippen molar-refractivity contribution in [3.63, 3.8) is 0 Å². The number of anilines is 1. The van der Waals surface area contributed by atoms with E-state index in [1.807, 2.05) is 42.5 Å². The summed E-state index contributed by atoms with van der Waals surface area (Å²) in [6, 6.07) is 22.2. The van der Waals surface area contributed by atoms with E-state index < -0.39 is 5.92 Å². The van der Waals surface area contributed by atoms with Crippen LogP contribution >= 0.6 is 15.9 Å². The van der Waals surface area contributed by atoms with Gasteiger partial charge in [-0.1, -0.05) is 58.4 Å². The Bertz CT molecular complexity index is 1430. The molecule has 1 unspecified atom stereocenters. The molecule has 0 aromatic heterocycles. The summed E-state index contributed by atoms with van der Waals surface area (Å²) in [6.07, 6.45) is 1.72. The molecule has 0 fully saturated rings. The lowest BCUT2D eigenvalue weighted by Gasteiger charge is -2.42. The van der Waals surface area contributed by atoms with Gasteiger partial charge in [-0.2, -0.15) is 0 Å². The van der Waals surface area contributed by atoms with Crippen molar-refractivity contribution < 1.29 is 19.4 Å². The molecule has 0 radical (unpaired) electrons. The van der Waals surface area contributed by atoms with Gasteiger partial charge in [0.2, 0.25) is 0 Å². The standard InChI is InChI=1S/C30H27BrN2O4/c1-36-21-15-16-25(37-2)23(17-21)33-22-9-6-10-24(34)27(22)26(18-11-13-20(31)14-12-18)28(30(33)32)29(35)19-7-4-3-5-8-19/h3-5,7-8,11-17,26,32,35H,6,9-10H2,1-2H3/b29-28+,32-30?. The van der Waals surface area contributed by atoms with E-state index in [0.717, 1.165) is 15.7 Å². The highest BCUT2D eigenvalue weighted by Gasteiger charge is 2.43. The van der Waals surface area contributed by atoms with E-state index in [0.29, 0.717) is 53.2 Å². The molecule has 5 rings (SSSR count). The fourth-order valence-electron chi connectivity index (χ4n) is 5.17. The van der Waals surface area contributed by atoms with Crippen molar-refractivity contribution in [2.45, 2.75) is 25.2 Å². The number of allylic oxidation sites excluding steroid dienone is 2. The van der Waals surface area contributed by atoms with Crippen LogP contribution in [0.5, 0.6) is 11.5 Å². The highest BCUT2D eigenvalue weighted by molar-refractivity contribution is 9.10. The zero-order chi connectivity index (χ0) is 26.1. The molecule has 188 valence electrons. The summed E-state index contributed by atoms with van der Waals surface area (Å²) < 4.78 is 12.1. The van der Waals surface area contributed by atoms with Crippen LogP contribution in [0.3, 0.4) is 0 Å². The molecule has 0 saturated heterocycles. The summed E-state index contributed by atoms with van der Waals surface area (Å²) in [5.74, 6) is 0.629. The molecule has 3 aromatic carbocycles. The van der Waals surface area contributed by atoms with Crippen LogP contribution in [-0.4, -0.2) is 30.9 Å². The highest BCUT2D eigenvalue weighted by atomic mass is 79.9. The molecule has 37 heavy (non-hydrogen) atoms. The number of amidine groups is 1. The second-order valence-electron chi connectivity index (χ2n) is 8.97. The molecule has 6 nitrogen and oxygen atoms in total. The number of halogens is 1. The normalized spacial score (nSPS) is 19.0. The molecule has 7 heteroatoms. The summed E-state index contributed by atoms with van der Waals surface area (Å²) in [7, 11) is 3.15. The third-order valence-electron chi connectivity index (χ3n) is 6.89. The SMILES string of the molecule is COc1ccc(OC)c(N2C(=N)/C(=C(/O)c3ccccc3)C(c3ccc(Br)cc3)C3=C2CCCC3=O)c1. The van der Waals surface area contributed by atoms with Crippen LogP contribution in [-0.2, 0) is 4.79 Å². The van der Waals surface area contributed by atoms with Crippen LogP contribution in [0.1, 0.15) is 36.3 Å². The van der Waals surface area contributed by atoms with E-state index in [1.165, 1.54) is 0 Å². The third-order valence-corrected chi connectivity index (χ3v) is 7.42. The monoisotopic (exact) mass is 558 g/mol. The predicted molar refractivity (Wildman–Crippen MR) is 149 cm³/mol. The van der Waals surface area contributed by atoms with Crippen LogP contribution in [0.2, 0.25) is 0 Å². The number of methoxy groups -OCH3 is 2. The fraction of sp³-hybridized carbons (Fsp3) is 0.200. The first-order valence-electron chi connectivity index (χ1n) is 12.1. The van der Waals surface area contributed by atoms with Gasteiger partial charge in [0.05, 0.1) is 19.9 Å². The molecule has 1 heterocycles. The van der Waals surface area contributed by atoms with Crippen molar-refractivity contribution in [3.8, 4) is 11.5 Å². The molecule has 2 aliphatic rings. The zero-order valence-corrected chi connectivity index (χ0v) is 22.2. The van der Waals surface area contributed by atoms with Crippen LogP contribution in [0.4, 0.5) is 5.69 Å². The number of ether oxygens (including phenoxy) is 2. The minimum atomic E-state index is -0.587. The molecule has 0 amide bonds. The van der Waals surface area contributed by atoms with E-state index in [9.17, 15) is 15.3 Å². The van der Waals surface area contributed by atoms with Crippen LogP contribution < -0.4 is 14.4 Å². The predicted octanol–water partition coefficient (Wildman–Crippen LogP) is 7.02. The average molecular weight is 559 g/mol. The number of carbonyl (C=O) groups excluding carboxylic acids is 1. The van der Waals surface area contributed by atoms with E-state index in [-0.39, 0.29) is 17.4 Å². The molecule has 1 atom stereocenters. The Balaban J connectivity index is 1.85. The van der Waals surface area contributed by atoms with E-state index in [1.54, 1.807) is 49.5 Å². The quantitative estimate of drug-likeness (QED) is 0.328. The molecule has 1 aliphatic heterocycles. The summed E-state index contributed by atoms with van der Waals surface area (Å²) in [6.45, 7) is 0. The van der Waals surface area contributed by atoms with Crippen molar-refractivity contribution in [2.75, 3.05) is 19.1 Å². The number of hydrogen-bond donors (Lipinski definition) is 2. The number of nitrogens with zero attached hydrogens (tertiary/aromatic N) is 1. The molecule has 3 aromatic rings. The van der Waals surface area contributed by atoms with Gasteiger partial charge < -0.3 is 14.6 Å². The molecule has 0 bridgehead atoms. The lowest BCUT2D eigenvalue weighted by molar-refractivity contribution is -0.116. The third kappa shape index (κ3) is 4.44. The van der Waals surface area contributed by atoms with Crippen LogP contribution in [0.25, 0.3) is 5.76 Å². The number of benzene rings is 3. The first kappa shape index (κ1) is 24.8. The maximum absolute atomic E-state index is 13.6. The molecule has 1 aliphatic carbocycles. The van der Waals surface area contributed by atoms with Crippen molar-refractivity contribution in [1.82, 2.24) is 0 Å². The van der Waals surface area contributed by atoms with Gasteiger partial charge in [0, 0.05) is 45.3 Å². The molecular formula is C30H27BrN2O4. The summed E-state index contributed by atoms with van der Waals surface area (Å²) in [4.78, 5) is 15.4. The van der Waals surface area contributed by atoms with Crippen LogP contribution in [0, 0.1) is 5.41 Å². The van der Waals surface area contributed by atoms with Gasteiger partial charge in [-0.05, 0) is 42.7 Å². The van der Waals surface area contributed by atoms with Crippen molar-refractivity contribution in [1.29, 1.82) is 5.41 Å². The number of carbonyl (C=O) groups is 1. The van der Waals surface area contributed by atoms with E-state index >= 15 is 0 Å². The Morgan fingerprint density at radius 1 is 1.00 bits per heavy atom. The number of rotatable bonds is 5. The van der Waals surface area contributed by atoms with E-state index in [4.69, 9.17) is 9.47 Å². The number of ketones is 1. The first-order chi connectivity index (χ1) is 17.9. The summed E-state index contributed by atoms with van der Waals surface area (Å²) in [5, 5.41) is 21.2. The van der Waals surface area contributed by atoms with Crippen molar-refractivity contribution in [2.24, 2.45) is 0 Å². The molecule has 0 spiro atoms. The lowest BCUT2D eigenvalue weighted by atomic mass is 9.73. The van der Waals surface area contributed by atoms with Crippen LogP contribution in [0.15, 0.2) is 94.1 Å². The summed E-state index contributed by atoms with van der Waals surface area (Å²) >= 11 is 3.50. The smallest absolute Gasteiger partial charge is 0.161 e. The largest absolute Gasteiger partial charge is 0.507 e. The Labute approximate surface area is 224 Å². The van der Waals surface area contributed by atoms with Gasteiger partial charge in [-0.3, -0.25) is 15.1 Å². The fourth-order valence-corrected chi connectivity index (χ4v) is 5.43. The Morgan fingerprint density at radius 2 is 1.73 bits per heavy atom. The van der Waals surface area contributed by atoms with Gasteiger partial charge in [-0.25, -0.2) is 0 Å². The minimum absolute atomic E-state index is 0.0203. The number of nitrogens with one attached hydrogen (secondary N) is 1. The Kier molecular flexibility index (Phi) is 6.89. The van der Waals surface area contributed by atoms with Gasteiger partial charge in [0.1, 0.15) is 23.1 Å². The van der Waals surface area contributed by atoms with Gasteiger partial charge >= 0.3 is 0 Å². The van der Waals surface area contributed by atoms with Gasteiger partial charge in [0.25, 0.3) is 0 Å². The number of aliphatic hydroxyl groups excluding tert-OH is 1. The van der Waals surface area contributed by atoms with Gasteiger partial charge in [0.15, 0.2) is 5.78 Å². The second kappa shape index (κ2) is 10.3. The number of aliphatic hydroxyl groups is 1. The maximum Gasteiger partial charge on any atom is 0.161 e. The highest BCUT2D eigenvalue weighted by Crippen LogP contribution is 2.49. The van der Waals surface area contributed by atoms with Crippen molar-refractivity contribution >= 4 is 39.0 Å². The molecular weight excluding hydrogens is 532 g/mol. The van der Waals surface area contributed by atoms with Gasteiger partial charge in [-0.15, -0.1) is 0 Å². The Hall–Kier alpha value is -3.84. The number of hydrogen-bond acceptors (Lipinski definition) is 5. The topological polar surface area (TPSA) is 82.8 Å². The zero-order valence-electron chi connectivity index (χ0n) is 20.6. The second-order valence-corrected chi connectivity index (χ2v) is 9.89. The van der Waals surface area contributed by atoms with E-state index in [2.05, 4.69) is 15.9 Å².